The van der Waals surface area contributed by atoms with Gasteiger partial charge in [0.2, 0.25) is 15.9 Å². The van der Waals surface area contributed by atoms with Gasteiger partial charge in [-0.3, -0.25) is 9.59 Å². The molecule has 9 heteroatoms. The second-order valence-corrected chi connectivity index (χ2v) is 6.06. The van der Waals surface area contributed by atoms with E-state index < -0.39 is 34.2 Å². The number of sulfonamides is 1. The van der Waals surface area contributed by atoms with Crippen LogP contribution in [-0.2, 0) is 19.6 Å². The predicted molar refractivity (Wildman–Crippen MR) is 63.2 cm³/mol. The van der Waals surface area contributed by atoms with Gasteiger partial charge in [0.25, 0.3) is 0 Å². The summed E-state index contributed by atoms with van der Waals surface area (Å²) in [6.07, 6.45) is 1.07. The third kappa shape index (κ3) is 4.24. The first kappa shape index (κ1) is 14.9. The largest absolute Gasteiger partial charge is 0.480 e. The lowest BCUT2D eigenvalue weighted by Crippen LogP contribution is -2.50. The number of primary amides is 1. The van der Waals surface area contributed by atoms with Crippen molar-refractivity contribution in [2.75, 3.05) is 25.4 Å². The molecule has 0 unspecified atom stereocenters. The van der Waals surface area contributed by atoms with E-state index in [0.717, 1.165) is 4.31 Å². The Morgan fingerprint density at radius 3 is 2.33 bits per heavy atom. The highest BCUT2D eigenvalue weighted by molar-refractivity contribution is 7.89. The Bertz CT molecular complexity index is 416. The minimum atomic E-state index is -4.01. The predicted octanol–water partition coefficient (Wildman–Crippen LogP) is -2.06. The summed E-state index contributed by atoms with van der Waals surface area (Å²) < 4.78 is 24.7. The zero-order valence-corrected chi connectivity index (χ0v) is 10.6. The molecule has 0 spiro atoms. The monoisotopic (exact) mass is 279 g/mol. The first-order chi connectivity index (χ1) is 8.33. The number of carboxylic acid groups (broad SMARTS) is 1. The Labute approximate surface area is 105 Å². The van der Waals surface area contributed by atoms with Crippen LogP contribution >= 0.6 is 0 Å². The van der Waals surface area contributed by atoms with Crippen LogP contribution in [0.2, 0.25) is 0 Å². The standard InChI is InChI=1S/C9H17N3O5S/c10-8(13)5-12(7-1-3-11-4-2-7)18(16,17)6-9(14)15/h7,11H,1-6H2,(H2,10,13)(H,14,15). The molecule has 0 aromatic heterocycles. The van der Waals surface area contributed by atoms with Gasteiger partial charge >= 0.3 is 5.97 Å². The molecule has 8 nitrogen and oxygen atoms in total. The van der Waals surface area contributed by atoms with Gasteiger partial charge in [-0.15, -0.1) is 0 Å². The number of nitrogens with two attached hydrogens (primary N) is 1. The zero-order valence-electron chi connectivity index (χ0n) is 9.83. The number of rotatable bonds is 6. The molecule has 0 aliphatic carbocycles. The van der Waals surface area contributed by atoms with Crippen molar-refractivity contribution in [2.24, 2.45) is 5.73 Å². The van der Waals surface area contributed by atoms with E-state index >= 15 is 0 Å². The summed E-state index contributed by atoms with van der Waals surface area (Å²) >= 11 is 0. The van der Waals surface area contributed by atoms with Gasteiger partial charge in [0.15, 0.2) is 5.75 Å². The number of amides is 1. The van der Waals surface area contributed by atoms with E-state index in [2.05, 4.69) is 5.32 Å². The Balaban J connectivity index is 2.88. The normalized spacial score (nSPS) is 17.8. The molecule has 4 N–H and O–H groups in total. The maximum Gasteiger partial charge on any atom is 0.320 e. The van der Waals surface area contributed by atoms with E-state index in [-0.39, 0.29) is 6.04 Å². The number of carbonyl (C=O) groups is 2. The van der Waals surface area contributed by atoms with Gasteiger partial charge in [0.05, 0.1) is 6.54 Å². The first-order valence-electron chi connectivity index (χ1n) is 5.53. The Kier molecular flexibility index (Phi) is 5.05. The van der Waals surface area contributed by atoms with Gasteiger partial charge in [-0.25, -0.2) is 8.42 Å². The lowest BCUT2D eigenvalue weighted by atomic mass is 10.1. The van der Waals surface area contributed by atoms with Crippen LogP contribution in [0.4, 0.5) is 0 Å². The van der Waals surface area contributed by atoms with Gasteiger partial charge < -0.3 is 16.2 Å². The van der Waals surface area contributed by atoms with Crippen LogP contribution < -0.4 is 11.1 Å². The van der Waals surface area contributed by atoms with Crippen molar-refractivity contribution in [2.45, 2.75) is 18.9 Å². The maximum absolute atomic E-state index is 11.9. The molecule has 0 aromatic carbocycles. The molecule has 0 atom stereocenters. The lowest BCUT2D eigenvalue weighted by molar-refractivity contribution is -0.134. The molecule has 1 fully saturated rings. The molecule has 1 heterocycles. The SMILES string of the molecule is NC(=O)CN(C1CCNCC1)S(=O)(=O)CC(=O)O. The lowest BCUT2D eigenvalue weighted by Gasteiger charge is -2.32. The molecule has 18 heavy (non-hydrogen) atoms. The van der Waals surface area contributed by atoms with E-state index in [4.69, 9.17) is 10.8 Å². The maximum atomic E-state index is 11.9. The highest BCUT2D eigenvalue weighted by atomic mass is 32.2. The van der Waals surface area contributed by atoms with E-state index in [0.29, 0.717) is 25.9 Å². The molecule has 1 rings (SSSR count). The number of nitrogens with one attached hydrogen (secondary N) is 1. The summed E-state index contributed by atoms with van der Waals surface area (Å²) in [5.74, 6) is -3.26. The van der Waals surface area contributed by atoms with Crippen LogP contribution in [0.15, 0.2) is 0 Å². The number of nitrogens with zero attached hydrogens (tertiary/aromatic N) is 1. The molecule has 0 bridgehead atoms. The van der Waals surface area contributed by atoms with Crippen LogP contribution in [0.3, 0.4) is 0 Å². The molecule has 0 aromatic rings. The first-order valence-corrected chi connectivity index (χ1v) is 7.14. The van der Waals surface area contributed by atoms with Crippen LogP contribution in [0.1, 0.15) is 12.8 Å². The fourth-order valence-electron chi connectivity index (χ4n) is 1.94. The quantitative estimate of drug-likeness (QED) is 0.512. The van der Waals surface area contributed by atoms with E-state index in [1.165, 1.54) is 0 Å². The van der Waals surface area contributed by atoms with Crippen molar-refractivity contribution in [3.05, 3.63) is 0 Å². The fourth-order valence-corrected chi connectivity index (χ4v) is 3.41. The molecule has 1 aliphatic heterocycles. The highest BCUT2D eigenvalue weighted by Crippen LogP contribution is 2.16. The second kappa shape index (κ2) is 6.12. The summed E-state index contributed by atoms with van der Waals surface area (Å²) in [4.78, 5) is 21.5. The summed E-state index contributed by atoms with van der Waals surface area (Å²) in [6, 6.07) is -0.372. The van der Waals surface area contributed by atoms with Gasteiger partial charge in [0, 0.05) is 6.04 Å². The third-order valence-electron chi connectivity index (χ3n) is 2.69. The fraction of sp³-hybridized carbons (Fsp3) is 0.778. The Morgan fingerprint density at radius 2 is 1.89 bits per heavy atom. The molecular weight excluding hydrogens is 262 g/mol. The number of hydrogen-bond acceptors (Lipinski definition) is 5. The molecule has 1 amide bonds. The van der Waals surface area contributed by atoms with Crippen molar-refractivity contribution >= 4 is 21.9 Å². The Morgan fingerprint density at radius 1 is 1.33 bits per heavy atom. The number of hydrogen-bond donors (Lipinski definition) is 3. The third-order valence-corrected chi connectivity index (χ3v) is 4.44. The molecule has 104 valence electrons. The average molecular weight is 279 g/mol. The van der Waals surface area contributed by atoms with Gasteiger partial charge in [-0.1, -0.05) is 0 Å². The van der Waals surface area contributed by atoms with Crippen LogP contribution in [0.5, 0.6) is 0 Å². The zero-order chi connectivity index (χ0) is 13.8. The summed E-state index contributed by atoms with van der Waals surface area (Å²) in [5, 5.41) is 11.7. The number of carbonyl (C=O) groups excluding carboxylic acids is 1. The average Bonchev–Trinajstić information content (AvgIpc) is 2.25. The van der Waals surface area contributed by atoms with Crippen molar-refractivity contribution in [3.63, 3.8) is 0 Å². The second-order valence-electron chi connectivity index (χ2n) is 4.14. The van der Waals surface area contributed by atoms with Crippen molar-refractivity contribution < 1.29 is 23.1 Å². The van der Waals surface area contributed by atoms with Crippen LogP contribution in [0, 0.1) is 0 Å². The molecular formula is C9H17N3O5S. The number of aliphatic carboxylic acids is 1. The van der Waals surface area contributed by atoms with Crippen molar-refractivity contribution in [1.82, 2.24) is 9.62 Å². The van der Waals surface area contributed by atoms with Crippen molar-refractivity contribution in [1.29, 1.82) is 0 Å². The highest BCUT2D eigenvalue weighted by Gasteiger charge is 2.33. The molecule has 0 saturated carbocycles. The summed E-state index contributed by atoms with van der Waals surface area (Å²) in [6.45, 7) is 0.783. The van der Waals surface area contributed by atoms with Gasteiger partial charge in [-0.05, 0) is 25.9 Å². The van der Waals surface area contributed by atoms with Gasteiger partial charge in [0.1, 0.15) is 0 Å². The van der Waals surface area contributed by atoms with Crippen LogP contribution in [-0.4, -0.2) is 61.1 Å². The molecule has 1 aliphatic rings. The number of carboxylic acids is 1. The number of piperidine rings is 1. The summed E-state index contributed by atoms with van der Waals surface area (Å²) in [7, 11) is -4.01. The summed E-state index contributed by atoms with van der Waals surface area (Å²) in [5.41, 5.74) is 5.02. The molecule has 0 radical (unpaired) electrons. The topological polar surface area (TPSA) is 130 Å². The minimum absolute atomic E-state index is 0.372. The van der Waals surface area contributed by atoms with Gasteiger partial charge in [-0.2, -0.15) is 4.31 Å². The molecule has 1 saturated heterocycles. The minimum Gasteiger partial charge on any atom is -0.480 e. The smallest absolute Gasteiger partial charge is 0.320 e. The van der Waals surface area contributed by atoms with E-state index in [1.807, 2.05) is 0 Å². The van der Waals surface area contributed by atoms with E-state index in [9.17, 15) is 18.0 Å². The van der Waals surface area contributed by atoms with Crippen molar-refractivity contribution in [3.8, 4) is 0 Å². The van der Waals surface area contributed by atoms with Crippen LogP contribution in [0.25, 0.3) is 0 Å². The van der Waals surface area contributed by atoms with E-state index in [1.54, 1.807) is 0 Å². The Hall–Kier alpha value is -1.19.